The van der Waals surface area contributed by atoms with Crippen LogP contribution in [0.5, 0.6) is 0 Å². The predicted molar refractivity (Wildman–Crippen MR) is 83.4 cm³/mol. The number of nitrogens with one attached hydrogen (secondary N) is 1. The molecule has 2 aliphatic heterocycles. The van der Waals surface area contributed by atoms with E-state index in [0.29, 0.717) is 0 Å². The lowest BCUT2D eigenvalue weighted by molar-refractivity contribution is -0.152. The van der Waals surface area contributed by atoms with E-state index in [0.717, 1.165) is 43.5 Å². The fraction of sp³-hybridized carbons (Fsp3) is 0.786. The minimum Gasteiger partial charge on any atom is -0.349 e. The summed E-state index contributed by atoms with van der Waals surface area (Å²) in [5.41, 5.74) is 7.85. The fourth-order valence-corrected chi connectivity index (χ4v) is 2.89. The SMILES string of the molecule is CC1CCN(C[C@H](C(C)C)N2C(=O)C=NNN2C(N)=O)CC1. The molecule has 1 saturated heterocycles. The molecule has 0 radical (unpaired) electrons. The van der Waals surface area contributed by atoms with E-state index in [4.69, 9.17) is 5.73 Å². The number of amides is 3. The molecule has 0 aromatic rings. The lowest BCUT2D eigenvalue weighted by Crippen LogP contribution is -2.66. The van der Waals surface area contributed by atoms with Crippen molar-refractivity contribution in [3.63, 3.8) is 0 Å². The van der Waals surface area contributed by atoms with Crippen molar-refractivity contribution in [3.05, 3.63) is 0 Å². The van der Waals surface area contributed by atoms with E-state index in [1.807, 2.05) is 13.8 Å². The number of urea groups is 1. The standard InChI is InChI=1S/C14H26N6O2/c1-10(2)12(9-18-6-4-11(3)5-7-18)19-13(21)8-16-17-20(19)14(15)22/h8,10-12,17H,4-7,9H2,1-3H3,(H2,15,22)/t12-/m1/s1. The highest BCUT2D eigenvalue weighted by molar-refractivity contribution is 6.26. The van der Waals surface area contributed by atoms with Crippen molar-refractivity contribution < 1.29 is 9.59 Å². The number of carbonyl (C=O) groups is 2. The molecule has 3 amide bonds. The van der Waals surface area contributed by atoms with Crippen LogP contribution in [0.2, 0.25) is 0 Å². The molecule has 8 heteroatoms. The van der Waals surface area contributed by atoms with Crippen LogP contribution in [0, 0.1) is 11.8 Å². The highest BCUT2D eigenvalue weighted by atomic mass is 16.2. The Morgan fingerprint density at radius 2 is 2.09 bits per heavy atom. The molecular weight excluding hydrogens is 284 g/mol. The maximum Gasteiger partial charge on any atom is 0.354 e. The molecular formula is C14H26N6O2. The Bertz CT molecular complexity index is 445. The number of primary amides is 1. The normalized spacial score (nSPS) is 22.1. The monoisotopic (exact) mass is 310 g/mol. The van der Waals surface area contributed by atoms with Gasteiger partial charge in [-0.1, -0.05) is 20.8 Å². The second-order valence-electron chi connectivity index (χ2n) is 6.49. The van der Waals surface area contributed by atoms with Crippen molar-refractivity contribution >= 4 is 18.2 Å². The first kappa shape index (κ1) is 16.5. The molecule has 0 unspecified atom stereocenters. The molecule has 124 valence electrons. The highest BCUT2D eigenvalue weighted by Gasteiger charge is 2.36. The summed E-state index contributed by atoms with van der Waals surface area (Å²) in [5, 5.41) is 6.04. The summed E-state index contributed by atoms with van der Waals surface area (Å²) in [6, 6.07) is -0.893. The van der Waals surface area contributed by atoms with E-state index in [2.05, 4.69) is 22.5 Å². The van der Waals surface area contributed by atoms with Crippen molar-refractivity contribution in [1.29, 1.82) is 0 Å². The van der Waals surface area contributed by atoms with E-state index < -0.39 is 6.03 Å². The van der Waals surface area contributed by atoms with Gasteiger partial charge in [0.05, 0.1) is 6.04 Å². The molecule has 0 aromatic carbocycles. The number of hydrogen-bond acceptors (Lipinski definition) is 5. The lowest BCUT2D eigenvalue weighted by Gasteiger charge is -2.43. The number of nitrogens with zero attached hydrogens (tertiary/aromatic N) is 4. The Balaban J connectivity index is 2.13. The second kappa shape index (κ2) is 6.95. The third kappa shape index (κ3) is 3.68. The molecule has 0 aliphatic carbocycles. The number of nitrogens with two attached hydrogens (primary N) is 1. The van der Waals surface area contributed by atoms with Crippen LogP contribution < -0.4 is 11.3 Å². The Kier molecular flexibility index (Phi) is 5.23. The fourth-order valence-electron chi connectivity index (χ4n) is 2.89. The average Bonchev–Trinajstić information content (AvgIpc) is 2.46. The number of hydrogen-bond donors (Lipinski definition) is 2. The maximum atomic E-state index is 12.2. The van der Waals surface area contributed by atoms with E-state index in [1.165, 1.54) is 11.2 Å². The molecule has 22 heavy (non-hydrogen) atoms. The van der Waals surface area contributed by atoms with E-state index >= 15 is 0 Å². The van der Waals surface area contributed by atoms with Gasteiger partial charge in [0.1, 0.15) is 6.21 Å². The zero-order valence-corrected chi connectivity index (χ0v) is 13.5. The molecule has 2 heterocycles. The van der Waals surface area contributed by atoms with Crippen LogP contribution in [-0.2, 0) is 4.79 Å². The van der Waals surface area contributed by atoms with Gasteiger partial charge in [-0.2, -0.15) is 10.6 Å². The minimum atomic E-state index is -0.747. The number of rotatable bonds is 4. The third-order valence-electron chi connectivity index (χ3n) is 4.38. The quantitative estimate of drug-likeness (QED) is 0.784. The second-order valence-corrected chi connectivity index (χ2v) is 6.49. The first-order chi connectivity index (χ1) is 10.4. The summed E-state index contributed by atoms with van der Waals surface area (Å²) in [6.45, 7) is 9.09. The molecule has 1 fully saturated rings. The molecule has 0 spiro atoms. The Morgan fingerprint density at radius 1 is 1.45 bits per heavy atom. The lowest BCUT2D eigenvalue weighted by atomic mass is 9.97. The van der Waals surface area contributed by atoms with Gasteiger partial charge >= 0.3 is 6.03 Å². The zero-order chi connectivity index (χ0) is 16.3. The number of hydrazone groups is 1. The van der Waals surface area contributed by atoms with Crippen molar-refractivity contribution in [1.82, 2.24) is 20.6 Å². The molecule has 8 nitrogen and oxygen atoms in total. The molecule has 0 aromatic heterocycles. The molecule has 2 rings (SSSR count). The first-order valence-corrected chi connectivity index (χ1v) is 7.84. The van der Waals surface area contributed by atoms with Crippen molar-refractivity contribution in [3.8, 4) is 0 Å². The molecule has 0 bridgehead atoms. The van der Waals surface area contributed by atoms with Crippen molar-refractivity contribution in [2.45, 2.75) is 39.7 Å². The average molecular weight is 310 g/mol. The van der Waals surface area contributed by atoms with E-state index in [-0.39, 0.29) is 17.9 Å². The number of hydrazine groups is 2. The summed E-state index contributed by atoms with van der Waals surface area (Å²) in [5.74, 6) is 0.598. The van der Waals surface area contributed by atoms with Crippen LogP contribution in [0.15, 0.2) is 5.10 Å². The van der Waals surface area contributed by atoms with Gasteiger partial charge in [-0.05, 0) is 37.8 Å². The van der Waals surface area contributed by atoms with Crippen LogP contribution in [-0.4, -0.2) is 58.9 Å². The van der Waals surface area contributed by atoms with Crippen LogP contribution in [0.4, 0.5) is 4.79 Å². The summed E-state index contributed by atoms with van der Waals surface area (Å²) in [4.78, 5) is 26.1. The van der Waals surface area contributed by atoms with Gasteiger partial charge in [-0.25, -0.2) is 9.80 Å². The summed E-state index contributed by atoms with van der Waals surface area (Å²) < 4.78 is 0. The van der Waals surface area contributed by atoms with Gasteiger partial charge in [-0.3, -0.25) is 4.79 Å². The van der Waals surface area contributed by atoms with Gasteiger partial charge in [0.2, 0.25) is 0 Å². The zero-order valence-electron chi connectivity index (χ0n) is 13.5. The Morgan fingerprint density at radius 3 is 2.64 bits per heavy atom. The molecule has 1 atom stereocenters. The smallest absolute Gasteiger partial charge is 0.349 e. The largest absolute Gasteiger partial charge is 0.354 e. The Hall–Kier alpha value is -1.83. The molecule has 2 aliphatic rings. The van der Waals surface area contributed by atoms with E-state index in [9.17, 15) is 9.59 Å². The number of carbonyl (C=O) groups excluding carboxylic acids is 2. The summed E-state index contributed by atoms with van der Waals surface area (Å²) >= 11 is 0. The van der Waals surface area contributed by atoms with E-state index in [1.54, 1.807) is 0 Å². The summed E-state index contributed by atoms with van der Waals surface area (Å²) in [6.07, 6.45) is 3.50. The first-order valence-electron chi connectivity index (χ1n) is 7.84. The summed E-state index contributed by atoms with van der Waals surface area (Å²) in [7, 11) is 0. The topological polar surface area (TPSA) is 94.3 Å². The van der Waals surface area contributed by atoms with Crippen LogP contribution in [0.1, 0.15) is 33.6 Å². The highest BCUT2D eigenvalue weighted by Crippen LogP contribution is 2.20. The third-order valence-corrected chi connectivity index (χ3v) is 4.38. The molecule has 0 saturated carbocycles. The van der Waals surface area contributed by atoms with Crippen LogP contribution in [0.25, 0.3) is 0 Å². The number of piperidine rings is 1. The van der Waals surface area contributed by atoms with Crippen molar-refractivity contribution in [2.75, 3.05) is 19.6 Å². The van der Waals surface area contributed by atoms with Gasteiger partial charge in [0.25, 0.3) is 5.91 Å². The molecule has 3 N–H and O–H groups in total. The van der Waals surface area contributed by atoms with Crippen molar-refractivity contribution in [2.24, 2.45) is 22.7 Å². The van der Waals surface area contributed by atoms with Gasteiger partial charge in [0, 0.05) is 6.54 Å². The van der Waals surface area contributed by atoms with Gasteiger partial charge < -0.3 is 10.6 Å². The van der Waals surface area contributed by atoms with Gasteiger partial charge in [-0.15, -0.1) is 5.12 Å². The maximum absolute atomic E-state index is 12.2. The van der Waals surface area contributed by atoms with Gasteiger partial charge in [0.15, 0.2) is 0 Å². The minimum absolute atomic E-state index is 0.146. The Labute approximate surface area is 131 Å². The number of likely N-dealkylation sites (tertiary alicyclic amines) is 1. The predicted octanol–water partition coefficient (Wildman–Crippen LogP) is 0.371. The van der Waals surface area contributed by atoms with Crippen LogP contribution >= 0.6 is 0 Å². The van der Waals surface area contributed by atoms with Crippen LogP contribution in [0.3, 0.4) is 0 Å².